The Kier molecular flexibility index (Phi) is 7.02. The maximum Gasteiger partial charge on any atom is 0.253 e. The molecule has 0 saturated carbocycles. The first kappa shape index (κ1) is 22.5. The molecule has 3 aromatic rings. The van der Waals surface area contributed by atoms with Crippen LogP contribution < -0.4 is 0 Å². The Labute approximate surface area is 204 Å². The Balaban J connectivity index is 1.22. The number of amides is 1. The first-order valence-electron chi connectivity index (χ1n) is 11.9. The highest BCUT2D eigenvalue weighted by Crippen LogP contribution is 2.29. The number of piperidine rings is 1. The molecule has 172 valence electrons. The number of carbonyl (C=O) groups is 1. The van der Waals surface area contributed by atoms with Gasteiger partial charge in [-0.3, -0.25) is 4.79 Å². The molecule has 2 aliphatic rings. The standard InChI is InChI=1S/C26H29ClN4OS/c27-22-11-13-23(14-12-22)33-18-19-7-9-20(10-8-19)26(32)30-15-4-5-21(17-30)25-29-28-24-6-2-1-3-16-31(24)25/h7-14,21H,1-6,15-18H2. The minimum absolute atomic E-state index is 0.118. The van der Waals surface area contributed by atoms with Crippen LogP contribution in [-0.2, 0) is 18.7 Å². The van der Waals surface area contributed by atoms with Crippen molar-refractivity contribution in [1.82, 2.24) is 19.7 Å². The first-order valence-corrected chi connectivity index (χ1v) is 13.2. The topological polar surface area (TPSA) is 51.0 Å². The molecule has 3 heterocycles. The number of nitrogens with zero attached hydrogens (tertiary/aromatic N) is 4. The summed E-state index contributed by atoms with van der Waals surface area (Å²) in [6.07, 6.45) is 6.74. The molecule has 5 rings (SSSR count). The van der Waals surface area contributed by atoms with Gasteiger partial charge < -0.3 is 9.47 Å². The van der Waals surface area contributed by atoms with Crippen LogP contribution in [0.4, 0.5) is 0 Å². The zero-order chi connectivity index (χ0) is 22.6. The fraction of sp³-hybridized carbons (Fsp3) is 0.423. The molecule has 1 unspecified atom stereocenters. The number of fused-ring (bicyclic) bond motifs is 1. The van der Waals surface area contributed by atoms with Crippen LogP contribution in [-0.4, -0.2) is 38.7 Å². The number of carbonyl (C=O) groups excluding carboxylic acids is 1. The number of likely N-dealkylation sites (tertiary alicyclic amines) is 1. The van der Waals surface area contributed by atoms with Gasteiger partial charge in [0.1, 0.15) is 11.6 Å². The maximum absolute atomic E-state index is 13.2. The Morgan fingerprint density at radius 1 is 0.970 bits per heavy atom. The van der Waals surface area contributed by atoms with Crippen molar-refractivity contribution in [2.75, 3.05) is 13.1 Å². The molecule has 1 fully saturated rings. The summed E-state index contributed by atoms with van der Waals surface area (Å²) < 4.78 is 2.33. The zero-order valence-electron chi connectivity index (χ0n) is 18.8. The van der Waals surface area contributed by atoms with Crippen LogP contribution in [0.15, 0.2) is 53.4 Å². The molecule has 33 heavy (non-hydrogen) atoms. The summed E-state index contributed by atoms with van der Waals surface area (Å²) in [7, 11) is 0. The lowest BCUT2D eigenvalue weighted by atomic mass is 9.96. The van der Waals surface area contributed by atoms with Crippen molar-refractivity contribution >= 4 is 29.3 Å². The number of hydrogen-bond donors (Lipinski definition) is 0. The van der Waals surface area contributed by atoms with E-state index in [-0.39, 0.29) is 11.8 Å². The minimum Gasteiger partial charge on any atom is -0.338 e. The second-order valence-corrected chi connectivity index (χ2v) is 10.5. The quantitative estimate of drug-likeness (QED) is 0.422. The lowest BCUT2D eigenvalue weighted by Crippen LogP contribution is -2.39. The Bertz CT molecular complexity index is 1100. The highest BCUT2D eigenvalue weighted by atomic mass is 35.5. The number of hydrogen-bond acceptors (Lipinski definition) is 4. The van der Waals surface area contributed by atoms with E-state index >= 15 is 0 Å². The van der Waals surface area contributed by atoms with Crippen LogP contribution in [0.25, 0.3) is 0 Å². The summed E-state index contributed by atoms with van der Waals surface area (Å²) >= 11 is 7.73. The second-order valence-electron chi connectivity index (χ2n) is 8.97. The molecule has 0 radical (unpaired) electrons. The summed E-state index contributed by atoms with van der Waals surface area (Å²) in [4.78, 5) is 16.4. The zero-order valence-corrected chi connectivity index (χ0v) is 20.3. The third-order valence-electron chi connectivity index (χ3n) is 6.63. The van der Waals surface area contributed by atoms with Gasteiger partial charge in [-0.05, 0) is 67.6 Å². The van der Waals surface area contributed by atoms with Crippen LogP contribution in [0, 0.1) is 0 Å². The van der Waals surface area contributed by atoms with E-state index in [4.69, 9.17) is 11.6 Å². The number of aryl methyl sites for hydroxylation is 1. The lowest BCUT2D eigenvalue weighted by Gasteiger charge is -2.32. The monoisotopic (exact) mass is 480 g/mol. The summed E-state index contributed by atoms with van der Waals surface area (Å²) in [6.45, 7) is 2.55. The van der Waals surface area contributed by atoms with Crippen LogP contribution in [0.1, 0.15) is 65.6 Å². The van der Waals surface area contributed by atoms with Crippen molar-refractivity contribution in [1.29, 1.82) is 0 Å². The van der Waals surface area contributed by atoms with Gasteiger partial charge in [0, 0.05) is 53.2 Å². The van der Waals surface area contributed by atoms with E-state index in [1.807, 2.05) is 41.3 Å². The number of aromatic nitrogens is 3. The van der Waals surface area contributed by atoms with Gasteiger partial charge in [0.15, 0.2) is 0 Å². The van der Waals surface area contributed by atoms with Gasteiger partial charge in [0.2, 0.25) is 0 Å². The largest absolute Gasteiger partial charge is 0.338 e. The van der Waals surface area contributed by atoms with Crippen LogP contribution in [0.3, 0.4) is 0 Å². The molecule has 0 N–H and O–H groups in total. The van der Waals surface area contributed by atoms with E-state index in [1.165, 1.54) is 29.7 Å². The van der Waals surface area contributed by atoms with Crippen molar-refractivity contribution in [3.63, 3.8) is 0 Å². The van der Waals surface area contributed by atoms with Gasteiger partial charge in [-0.15, -0.1) is 22.0 Å². The fourth-order valence-electron chi connectivity index (χ4n) is 4.81. The Morgan fingerprint density at radius 2 is 1.79 bits per heavy atom. The van der Waals surface area contributed by atoms with E-state index in [2.05, 4.69) is 26.9 Å². The van der Waals surface area contributed by atoms with Crippen molar-refractivity contribution in [2.45, 2.75) is 61.6 Å². The van der Waals surface area contributed by atoms with Gasteiger partial charge in [-0.25, -0.2) is 0 Å². The minimum atomic E-state index is 0.118. The Hall–Kier alpha value is -2.31. The third-order valence-corrected chi connectivity index (χ3v) is 7.97. The predicted octanol–water partition coefficient (Wildman–Crippen LogP) is 5.97. The second kappa shape index (κ2) is 10.3. The number of halogens is 1. The predicted molar refractivity (Wildman–Crippen MR) is 133 cm³/mol. The maximum atomic E-state index is 13.2. The van der Waals surface area contributed by atoms with Crippen LogP contribution in [0.2, 0.25) is 5.02 Å². The normalized spacial score (nSPS) is 18.6. The Morgan fingerprint density at radius 3 is 2.61 bits per heavy atom. The molecule has 0 bridgehead atoms. The molecular formula is C26H29ClN4OS. The van der Waals surface area contributed by atoms with Crippen molar-refractivity contribution in [2.24, 2.45) is 0 Å². The van der Waals surface area contributed by atoms with Crippen molar-refractivity contribution in [3.05, 3.63) is 76.3 Å². The van der Waals surface area contributed by atoms with Crippen molar-refractivity contribution < 1.29 is 4.79 Å². The average Bonchev–Trinajstić information content (AvgIpc) is 3.12. The molecule has 2 aromatic carbocycles. The molecule has 7 heteroatoms. The van der Waals surface area contributed by atoms with Gasteiger partial charge in [0.25, 0.3) is 5.91 Å². The third kappa shape index (κ3) is 5.28. The highest BCUT2D eigenvalue weighted by molar-refractivity contribution is 7.98. The summed E-state index contributed by atoms with van der Waals surface area (Å²) in [5, 5.41) is 9.78. The van der Waals surface area contributed by atoms with Crippen LogP contribution in [0.5, 0.6) is 0 Å². The highest BCUT2D eigenvalue weighted by Gasteiger charge is 2.29. The summed E-state index contributed by atoms with van der Waals surface area (Å²) in [6, 6.07) is 16.0. The fourth-order valence-corrected chi connectivity index (χ4v) is 5.79. The molecule has 1 atom stereocenters. The molecular weight excluding hydrogens is 452 g/mol. The SMILES string of the molecule is O=C(c1ccc(CSc2ccc(Cl)cc2)cc1)N1CCCC(c2nnc3n2CCCCC3)C1. The van der Waals surface area contributed by atoms with Gasteiger partial charge in [0.05, 0.1) is 0 Å². The number of thioether (sulfide) groups is 1. The van der Waals surface area contributed by atoms with Gasteiger partial charge in [-0.1, -0.05) is 30.2 Å². The molecule has 1 amide bonds. The van der Waals surface area contributed by atoms with E-state index in [0.717, 1.165) is 66.9 Å². The molecule has 1 saturated heterocycles. The molecule has 2 aliphatic heterocycles. The van der Waals surface area contributed by atoms with E-state index in [0.29, 0.717) is 0 Å². The van der Waals surface area contributed by atoms with Gasteiger partial charge >= 0.3 is 0 Å². The number of benzene rings is 2. The van der Waals surface area contributed by atoms with Crippen molar-refractivity contribution in [3.8, 4) is 0 Å². The van der Waals surface area contributed by atoms with E-state index in [1.54, 1.807) is 11.8 Å². The smallest absolute Gasteiger partial charge is 0.253 e. The molecule has 1 aromatic heterocycles. The average molecular weight is 481 g/mol. The van der Waals surface area contributed by atoms with Crippen LogP contribution >= 0.6 is 23.4 Å². The summed E-state index contributed by atoms with van der Waals surface area (Å²) in [5.74, 6) is 3.46. The van der Waals surface area contributed by atoms with E-state index < -0.39 is 0 Å². The molecule has 0 spiro atoms. The lowest BCUT2D eigenvalue weighted by molar-refractivity contribution is 0.0703. The summed E-state index contributed by atoms with van der Waals surface area (Å²) in [5.41, 5.74) is 1.96. The number of rotatable bonds is 5. The molecule has 5 nitrogen and oxygen atoms in total. The molecule has 0 aliphatic carbocycles. The van der Waals surface area contributed by atoms with E-state index in [9.17, 15) is 4.79 Å². The first-order chi connectivity index (χ1) is 16.2. The van der Waals surface area contributed by atoms with Gasteiger partial charge in [-0.2, -0.15) is 0 Å².